The molecular formula is C27H34ClN3O3. The number of amides is 2. The van der Waals surface area contributed by atoms with Crippen molar-refractivity contribution in [3.63, 3.8) is 0 Å². The van der Waals surface area contributed by atoms with Crippen LogP contribution in [0.3, 0.4) is 0 Å². The minimum atomic E-state index is -0.653. The molecule has 4 rings (SSSR count). The Bertz CT molecular complexity index is 968. The lowest BCUT2D eigenvalue weighted by molar-refractivity contribution is -0.115. The van der Waals surface area contributed by atoms with Gasteiger partial charge in [-0.15, -0.1) is 11.6 Å². The average molecular weight is 484 g/mol. The molecule has 34 heavy (non-hydrogen) atoms. The highest BCUT2D eigenvalue weighted by Crippen LogP contribution is 2.30. The Morgan fingerprint density at radius 1 is 1.12 bits per heavy atom. The first-order valence-electron chi connectivity index (χ1n) is 12.3. The van der Waals surface area contributed by atoms with E-state index in [-0.39, 0.29) is 17.9 Å². The van der Waals surface area contributed by atoms with Crippen LogP contribution in [0.1, 0.15) is 48.5 Å². The van der Waals surface area contributed by atoms with Crippen LogP contribution in [-0.4, -0.2) is 49.5 Å². The van der Waals surface area contributed by atoms with E-state index in [0.29, 0.717) is 23.7 Å². The summed E-state index contributed by atoms with van der Waals surface area (Å²) in [6.45, 7) is 4.66. The van der Waals surface area contributed by atoms with Crippen molar-refractivity contribution in [2.45, 2.75) is 50.5 Å². The second kappa shape index (κ2) is 11.7. The maximum absolute atomic E-state index is 13.2. The molecule has 0 radical (unpaired) electrons. The number of rotatable bonds is 8. The van der Waals surface area contributed by atoms with Gasteiger partial charge in [-0.1, -0.05) is 30.3 Å². The van der Waals surface area contributed by atoms with Gasteiger partial charge in [0.15, 0.2) is 0 Å². The molecule has 6 nitrogen and oxygen atoms in total. The van der Waals surface area contributed by atoms with Gasteiger partial charge in [0.25, 0.3) is 5.91 Å². The van der Waals surface area contributed by atoms with Crippen LogP contribution in [0.5, 0.6) is 0 Å². The summed E-state index contributed by atoms with van der Waals surface area (Å²) in [6, 6.07) is 16.2. The van der Waals surface area contributed by atoms with E-state index < -0.39 is 5.38 Å². The molecule has 0 unspecified atom stereocenters. The number of nitrogens with one attached hydrogen (secondary N) is 2. The lowest BCUT2D eigenvalue weighted by Crippen LogP contribution is -2.37. The molecule has 2 aliphatic heterocycles. The van der Waals surface area contributed by atoms with Crippen molar-refractivity contribution < 1.29 is 14.3 Å². The van der Waals surface area contributed by atoms with Gasteiger partial charge in [0.1, 0.15) is 5.38 Å². The fourth-order valence-electron chi connectivity index (χ4n) is 4.75. The Morgan fingerprint density at radius 2 is 1.88 bits per heavy atom. The zero-order valence-electron chi connectivity index (χ0n) is 19.8. The van der Waals surface area contributed by atoms with Crippen molar-refractivity contribution in [1.82, 2.24) is 5.32 Å². The Morgan fingerprint density at radius 3 is 2.56 bits per heavy atom. The molecule has 2 aromatic carbocycles. The van der Waals surface area contributed by atoms with Crippen molar-refractivity contribution >= 4 is 34.8 Å². The number of ether oxygens (including phenoxy) is 1. The van der Waals surface area contributed by atoms with E-state index in [4.69, 9.17) is 16.3 Å². The normalized spacial score (nSPS) is 19.6. The summed E-state index contributed by atoms with van der Waals surface area (Å²) in [5.74, 6) is 0.202. The van der Waals surface area contributed by atoms with E-state index in [2.05, 4.69) is 45.9 Å². The minimum absolute atomic E-state index is 0.0705. The summed E-state index contributed by atoms with van der Waals surface area (Å²) in [6.07, 6.45) is 5.31. The second-order valence-corrected chi connectivity index (χ2v) is 9.96. The van der Waals surface area contributed by atoms with Crippen molar-refractivity contribution in [2.24, 2.45) is 5.92 Å². The molecule has 182 valence electrons. The maximum Gasteiger partial charge on any atom is 0.253 e. The van der Waals surface area contributed by atoms with Gasteiger partial charge < -0.3 is 20.3 Å². The zero-order chi connectivity index (χ0) is 23.9. The largest absolute Gasteiger partial charge is 0.376 e. The highest BCUT2D eigenvalue weighted by molar-refractivity contribution is 6.32. The fraction of sp³-hybridized carbons (Fsp3) is 0.481. The molecule has 2 amide bonds. The topological polar surface area (TPSA) is 70.7 Å². The van der Waals surface area contributed by atoms with Gasteiger partial charge in [0, 0.05) is 37.6 Å². The van der Waals surface area contributed by atoms with E-state index in [1.165, 1.54) is 5.56 Å². The zero-order valence-corrected chi connectivity index (χ0v) is 20.5. The van der Waals surface area contributed by atoms with Crippen LogP contribution in [0.2, 0.25) is 0 Å². The smallest absolute Gasteiger partial charge is 0.253 e. The quantitative estimate of drug-likeness (QED) is 0.537. The van der Waals surface area contributed by atoms with Gasteiger partial charge in [-0.3, -0.25) is 9.59 Å². The number of hydrogen-bond donors (Lipinski definition) is 2. The number of hydrogen-bond acceptors (Lipinski definition) is 4. The Kier molecular flexibility index (Phi) is 8.46. The summed E-state index contributed by atoms with van der Waals surface area (Å²) in [5.41, 5.74) is 3.42. The van der Waals surface area contributed by atoms with Gasteiger partial charge in [-0.05, 0) is 68.7 Å². The van der Waals surface area contributed by atoms with Gasteiger partial charge in [-0.25, -0.2) is 0 Å². The van der Waals surface area contributed by atoms with Crippen LogP contribution in [0.4, 0.5) is 11.4 Å². The molecule has 0 aliphatic carbocycles. The predicted octanol–water partition coefficient (Wildman–Crippen LogP) is 4.62. The number of carbonyl (C=O) groups excluding carboxylic acids is 2. The minimum Gasteiger partial charge on any atom is -0.376 e. The molecule has 7 heteroatoms. The first-order chi connectivity index (χ1) is 16.5. The summed E-state index contributed by atoms with van der Waals surface area (Å²) in [4.78, 5) is 27.6. The first kappa shape index (κ1) is 24.6. The Labute approximate surface area is 207 Å². The lowest BCUT2D eigenvalue weighted by atomic mass is 9.89. The van der Waals surface area contributed by atoms with Gasteiger partial charge in [-0.2, -0.15) is 0 Å². The molecule has 0 spiro atoms. The number of benzene rings is 2. The Balaban J connectivity index is 1.46. The van der Waals surface area contributed by atoms with Gasteiger partial charge in [0.05, 0.1) is 11.7 Å². The average Bonchev–Trinajstić information content (AvgIpc) is 3.37. The Hall–Kier alpha value is -2.57. The van der Waals surface area contributed by atoms with Crippen molar-refractivity contribution in [3.05, 3.63) is 59.7 Å². The second-order valence-electron chi connectivity index (χ2n) is 9.30. The molecule has 2 fully saturated rings. The van der Waals surface area contributed by atoms with E-state index in [1.54, 1.807) is 13.0 Å². The summed E-state index contributed by atoms with van der Waals surface area (Å²) in [7, 11) is 0. The van der Waals surface area contributed by atoms with Crippen molar-refractivity contribution in [3.8, 4) is 0 Å². The van der Waals surface area contributed by atoms with Crippen LogP contribution in [0.15, 0.2) is 48.5 Å². The third kappa shape index (κ3) is 6.51. The molecule has 0 bridgehead atoms. The van der Waals surface area contributed by atoms with Gasteiger partial charge >= 0.3 is 0 Å². The predicted molar refractivity (Wildman–Crippen MR) is 137 cm³/mol. The monoisotopic (exact) mass is 483 g/mol. The molecule has 2 atom stereocenters. The fourth-order valence-corrected chi connectivity index (χ4v) is 4.80. The van der Waals surface area contributed by atoms with E-state index in [1.807, 2.05) is 12.1 Å². The molecule has 2 aliphatic rings. The van der Waals surface area contributed by atoms with Crippen LogP contribution < -0.4 is 15.5 Å². The highest BCUT2D eigenvalue weighted by atomic mass is 35.5. The molecule has 2 heterocycles. The third-order valence-corrected chi connectivity index (χ3v) is 6.90. The number of alkyl halides is 1. The third-order valence-electron chi connectivity index (χ3n) is 6.71. The van der Waals surface area contributed by atoms with E-state index in [9.17, 15) is 9.59 Å². The number of nitrogens with zero attached hydrogens (tertiary/aromatic N) is 1. The number of anilines is 2. The van der Waals surface area contributed by atoms with Crippen LogP contribution in [-0.2, 0) is 16.0 Å². The van der Waals surface area contributed by atoms with E-state index in [0.717, 1.165) is 57.5 Å². The molecule has 0 aromatic heterocycles. The summed E-state index contributed by atoms with van der Waals surface area (Å²) in [5, 5.41) is 5.19. The molecule has 0 saturated carbocycles. The van der Waals surface area contributed by atoms with Gasteiger partial charge in [0.2, 0.25) is 5.91 Å². The molecule has 2 aromatic rings. The van der Waals surface area contributed by atoms with Crippen LogP contribution in [0.25, 0.3) is 0 Å². The van der Waals surface area contributed by atoms with Crippen molar-refractivity contribution in [2.75, 3.05) is 36.5 Å². The van der Waals surface area contributed by atoms with E-state index >= 15 is 0 Å². The first-order valence-corrected chi connectivity index (χ1v) is 12.7. The standard InChI is InChI=1S/C27H34ClN3O3/c1-19(28)26(32)30-22-9-10-25(24(17-22)27(33)29-18-23-8-5-15-34-23)31-13-11-21(12-14-31)16-20-6-3-2-4-7-20/h2-4,6-7,9-10,17,19,21,23H,5,8,11-16,18H2,1H3,(H,29,33)(H,30,32)/t19-,23+/m0/s1. The SMILES string of the molecule is C[C@H](Cl)C(=O)Nc1ccc(N2CCC(Cc3ccccc3)CC2)c(C(=O)NC[C@H]2CCCO2)c1. The van der Waals surface area contributed by atoms with Crippen molar-refractivity contribution in [1.29, 1.82) is 0 Å². The number of piperidine rings is 1. The number of carbonyl (C=O) groups is 2. The summed E-state index contributed by atoms with van der Waals surface area (Å²) >= 11 is 5.91. The highest BCUT2D eigenvalue weighted by Gasteiger charge is 2.25. The maximum atomic E-state index is 13.2. The molecule has 2 N–H and O–H groups in total. The molecular weight excluding hydrogens is 450 g/mol. The number of halogens is 1. The summed E-state index contributed by atoms with van der Waals surface area (Å²) < 4.78 is 5.65. The van der Waals surface area contributed by atoms with Crippen LogP contribution >= 0.6 is 11.6 Å². The van der Waals surface area contributed by atoms with Crippen LogP contribution in [0, 0.1) is 5.92 Å². The molecule has 2 saturated heterocycles. The lowest BCUT2D eigenvalue weighted by Gasteiger charge is -2.35.